The summed E-state index contributed by atoms with van der Waals surface area (Å²) < 4.78 is 1.99. The average molecular weight is 219 g/mol. The zero-order chi connectivity index (χ0) is 11.7. The normalized spacial score (nSPS) is 12.9. The van der Waals surface area contributed by atoms with E-state index in [1.165, 1.54) is 0 Å². The first-order valence-electron chi connectivity index (χ1n) is 5.03. The van der Waals surface area contributed by atoms with Crippen molar-refractivity contribution in [2.75, 3.05) is 0 Å². The molecule has 0 aliphatic carbocycles. The molecule has 0 amide bonds. The minimum absolute atomic E-state index is 0.139. The number of carboxylic acid groups (broad SMARTS) is 1. The van der Waals surface area contributed by atoms with Crippen molar-refractivity contribution in [3.05, 3.63) is 36.0 Å². The quantitative estimate of drug-likeness (QED) is 0.814. The smallest absolute Gasteiger partial charge is 0.332 e. The van der Waals surface area contributed by atoms with Crippen LogP contribution in [0.5, 0.6) is 0 Å². The molecule has 2 aromatic rings. The van der Waals surface area contributed by atoms with E-state index in [0.717, 1.165) is 16.5 Å². The number of aliphatic hydroxyl groups excluding tert-OH is 1. The number of carbonyl (C=O) groups is 1. The van der Waals surface area contributed by atoms with Gasteiger partial charge in [0.2, 0.25) is 0 Å². The van der Waals surface area contributed by atoms with E-state index in [-0.39, 0.29) is 6.42 Å². The van der Waals surface area contributed by atoms with Crippen molar-refractivity contribution < 1.29 is 15.0 Å². The molecule has 1 heterocycles. The van der Waals surface area contributed by atoms with Gasteiger partial charge < -0.3 is 14.8 Å². The van der Waals surface area contributed by atoms with Crippen LogP contribution in [0.15, 0.2) is 30.5 Å². The Labute approximate surface area is 92.7 Å². The lowest BCUT2D eigenvalue weighted by Gasteiger charge is -2.05. The Morgan fingerprint density at radius 3 is 2.88 bits per heavy atom. The van der Waals surface area contributed by atoms with Crippen LogP contribution >= 0.6 is 0 Å². The summed E-state index contributed by atoms with van der Waals surface area (Å²) in [6.45, 7) is 0. The van der Waals surface area contributed by atoms with Crippen molar-refractivity contribution in [2.24, 2.45) is 7.05 Å². The summed E-state index contributed by atoms with van der Waals surface area (Å²) in [7, 11) is 1.95. The summed E-state index contributed by atoms with van der Waals surface area (Å²) in [5, 5.41) is 18.9. The summed E-state index contributed by atoms with van der Waals surface area (Å²) in [6, 6.07) is 7.64. The lowest BCUT2D eigenvalue weighted by Crippen LogP contribution is -2.21. The van der Waals surface area contributed by atoms with Crippen molar-refractivity contribution in [1.82, 2.24) is 4.57 Å². The summed E-state index contributed by atoms with van der Waals surface area (Å²) in [6.07, 6.45) is 0.753. The Balaban J connectivity index is 2.29. The number of nitrogens with zero attached hydrogens (tertiary/aromatic N) is 1. The van der Waals surface area contributed by atoms with Crippen LogP contribution in [-0.2, 0) is 18.3 Å². The molecule has 1 unspecified atom stereocenters. The van der Waals surface area contributed by atoms with E-state index >= 15 is 0 Å². The monoisotopic (exact) mass is 219 g/mol. The van der Waals surface area contributed by atoms with Crippen molar-refractivity contribution >= 4 is 16.9 Å². The van der Waals surface area contributed by atoms with Crippen molar-refractivity contribution in [3.8, 4) is 0 Å². The van der Waals surface area contributed by atoms with Crippen LogP contribution < -0.4 is 0 Å². The van der Waals surface area contributed by atoms with Crippen LogP contribution in [0.1, 0.15) is 5.56 Å². The Kier molecular flexibility index (Phi) is 2.66. The molecule has 84 valence electrons. The maximum atomic E-state index is 10.5. The molecular weight excluding hydrogens is 206 g/mol. The fourth-order valence-corrected chi connectivity index (χ4v) is 1.77. The van der Waals surface area contributed by atoms with Crippen LogP contribution in [0.3, 0.4) is 0 Å². The Morgan fingerprint density at radius 1 is 1.44 bits per heavy atom. The maximum absolute atomic E-state index is 10.5. The van der Waals surface area contributed by atoms with Gasteiger partial charge in [0.15, 0.2) is 6.10 Å². The van der Waals surface area contributed by atoms with Gasteiger partial charge in [0.05, 0.1) is 0 Å². The Bertz CT molecular complexity index is 530. The molecule has 0 aliphatic rings. The molecule has 4 heteroatoms. The second-order valence-electron chi connectivity index (χ2n) is 3.88. The molecule has 2 N–H and O–H groups in total. The first kappa shape index (κ1) is 10.7. The van der Waals surface area contributed by atoms with Gasteiger partial charge in [-0.15, -0.1) is 0 Å². The van der Waals surface area contributed by atoms with E-state index in [4.69, 9.17) is 5.11 Å². The molecule has 1 aromatic carbocycles. The molecule has 0 aliphatic heterocycles. The van der Waals surface area contributed by atoms with Gasteiger partial charge in [0.25, 0.3) is 0 Å². The Morgan fingerprint density at radius 2 is 2.19 bits per heavy atom. The molecule has 16 heavy (non-hydrogen) atoms. The average Bonchev–Trinajstić information content (AvgIpc) is 2.60. The molecule has 0 spiro atoms. The highest BCUT2D eigenvalue weighted by atomic mass is 16.4. The van der Waals surface area contributed by atoms with Gasteiger partial charge in [-0.05, 0) is 29.1 Å². The maximum Gasteiger partial charge on any atom is 0.332 e. The summed E-state index contributed by atoms with van der Waals surface area (Å²) in [5.41, 5.74) is 1.92. The SMILES string of the molecule is Cn1ccc2cc(CC(O)C(=O)O)ccc21. The topological polar surface area (TPSA) is 62.5 Å². The molecular formula is C12H13NO3. The molecule has 4 nitrogen and oxygen atoms in total. The fraction of sp³-hybridized carbons (Fsp3) is 0.250. The highest BCUT2D eigenvalue weighted by Crippen LogP contribution is 2.17. The van der Waals surface area contributed by atoms with Crippen LogP contribution in [-0.4, -0.2) is 26.9 Å². The van der Waals surface area contributed by atoms with E-state index in [1.807, 2.05) is 42.1 Å². The first-order valence-corrected chi connectivity index (χ1v) is 5.03. The molecule has 2 rings (SSSR count). The summed E-state index contributed by atoms with van der Waals surface area (Å²) >= 11 is 0. The molecule has 1 aromatic heterocycles. The van der Waals surface area contributed by atoms with Gasteiger partial charge in [-0.25, -0.2) is 4.79 Å². The number of benzene rings is 1. The van der Waals surface area contributed by atoms with E-state index in [0.29, 0.717) is 0 Å². The predicted octanol–water partition coefficient (Wildman–Crippen LogP) is 1.17. The predicted molar refractivity (Wildman–Crippen MR) is 60.3 cm³/mol. The zero-order valence-corrected chi connectivity index (χ0v) is 8.92. The largest absolute Gasteiger partial charge is 0.479 e. The van der Waals surface area contributed by atoms with Crippen LogP contribution in [0.25, 0.3) is 10.9 Å². The number of hydrogen-bond donors (Lipinski definition) is 2. The summed E-state index contributed by atoms with van der Waals surface area (Å²) in [5.74, 6) is -1.19. The van der Waals surface area contributed by atoms with Gasteiger partial charge >= 0.3 is 5.97 Å². The van der Waals surface area contributed by atoms with E-state index in [9.17, 15) is 9.90 Å². The van der Waals surface area contributed by atoms with Crippen molar-refractivity contribution in [2.45, 2.75) is 12.5 Å². The number of carboxylic acids is 1. The number of aliphatic hydroxyl groups is 1. The lowest BCUT2D eigenvalue weighted by atomic mass is 10.1. The van der Waals surface area contributed by atoms with Crippen LogP contribution in [0, 0.1) is 0 Å². The second-order valence-corrected chi connectivity index (χ2v) is 3.88. The first-order chi connectivity index (χ1) is 7.58. The Hall–Kier alpha value is -1.81. The molecule has 1 atom stereocenters. The fourth-order valence-electron chi connectivity index (χ4n) is 1.77. The standard InChI is InChI=1S/C12H13NO3/c1-13-5-4-9-6-8(2-3-10(9)13)7-11(14)12(15)16/h2-6,11,14H,7H2,1H3,(H,15,16). The van der Waals surface area contributed by atoms with Gasteiger partial charge in [-0.2, -0.15) is 0 Å². The number of aliphatic carboxylic acids is 1. The minimum Gasteiger partial charge on any atom is -0.479 e. The number of aryl methyl sites for hydroxylation is 1. The van der Waals surface area contributed by atoms with E-state index in [1.54, 1.807) is 0 Å². The third kappa shape index (κ3) is 1.92. The van der Waals surface area contributed by atoms with Gasteiger partial charge in [0, 0.05) is 25.2 Å². The van der Waals surface area contributed by atoms with Gasteiger partial charge in [-0.3, -0.25) is 0 Å². The second kappa shape index (κ2) is 3.98. The van der Waals surface area contributed by atoms with Crippen molar-refractivity contribution in [1.29, 1.82) is 0 Å². The minimum atomic E-state index is -1.33. The highest BCUT2D eigenvalue weighted by Gasteiger charge is 2.13. The van der Waals surface area contributed by atoms with Gasteiger partial charge in [0.1, 0.15) is 0 Å². The van der Waals surface area contributed by atoms with Crippen molar-refractivity contribution in [3.63, 3.8) is 0 Å². The molecule has 0 saturated carbocycles. The molecule has 0 fully saturated rings. The number of rotatable bonds is 3. The van der Waals surface area contributed by atoms with Crippen LogP contribution in [0.4, 0.5) is 0 Å². The van der Waals surface area contributed by atoms with E-state index < -0.39 is 12.1 Å². The molecule has 0 saturated heterocycles. The zero-order valence-electron chi connectivity index (χ0n) is 8.92. The lowest BCUT2D eigenvalue weighted by molar-refractivity contribution is -0.146. The highest BCUT2D eigenvalue weighted by molar-refractivity contribution is 5.81. The third-order valence-electron chi connectivity index (χ3n) is 2.66. The number of fused-ring (bicyclic) bond motifs is 1. The molecule has 0 radical (unpaired) electrons. The number of aromatic nitrogens is 1. The number of hydrogen-bond acceptors (Lipinski definition) is 2. The summed E-state index contributed by atoms with van der Waals surface area (Å²) in [4.78, 5) is 10.5. The van der Waals surface area contributed by atoms with E-state index in [2.05, 4.69) is 0 Å². The third-order valence-corrected chi connectivity index (χ3v) is 2.66. The molecule has 0 bridgehead atoms. The van der Waals surface area contributed by atoms with Crippen LogP contribution in [0.2, 0.25) is 0 Å². The van der Waals surface area contributed by atoms with Gasteiger partial charge in [-0.1, -0.05) is 6.07 Å².